The average Bonchev–Trinajstić information content (AvgIpc) is 2.94. The lowest BCUT2D eigenvalue weighted by atomic mass is 9.94. The number of nitrogens with two attached hydrogens (primary N) is 1. The molecule has 0 saturated carbocycles. The molecule has 7 nitrogen and oxygen atoms in total. The highest BCUT2D eigenvalue weighted by atomic mass is 16.3. The van der Waals surface area contributed by atoms with Gasteiger partial charge in [0.1, 0.15) is 5.75 Å². The fourth-order valence-electron chi connectivity index (χ4n) is 3.01. The van der Waals surface area contributed by atoms with Crippen LogP contribution in [0.25, 0.3) is 0 Å². The van der Waals surface area contributed by atoms with E-state index in [2.05, 4.69) is 15.4 Å². The van der Waals surface area contributed by atoms with Crippen molar-refractivity contribution in [2.75, 3.05) is 6.54 Å². The van der Waals surface area contributed by atoms with Gasteiger partial charge in [0.05, 0.1) is 23.1 Å². The van der Waals surface area contributed by atoms with E-state index in [0.717, 1.165) is 37.3 Å². The van der Waals surface area contributed by atoms with Crippen molar-refractivity contribution >= 4 is 5.91 Å². The summed E-state index contributed by atoms with van der Waals surface area (Å²) in [6.07, 6.45) is 3.33. The fraction of sp³-hybridized carbons (Fsp3) is 0.438. The van der Waals surface area contributed by atoms with Crippen LogP contribution in [0.15, 0.2) is 18.3 Å². The quantitative estimate of drug-likeness (QED) is 0.754. The first-order valence-corrected chi connectivity index (χ1v) is 7.75. The number of fused-ring (bicyclic) bond motifs is 1. The van der Waals surface area contributed by atoms with Gasteiger partial charge in [0.2, 0.25) is 0 Å². The number of carbonyl (C=O) groups is 1. The van der Waals surface area contributed by atoms with Gasteiger partial charge < -0.3 is 16.2 Å². The predicted octanol–water partition coefficient (Wildman–Crippen LogP) is 0.743. The molecule has 122 valence electrons. The molecule has 1 atom stereocenters. The monoisotopic (exact) mass is 315 g/mol. The molecule has 1 aliphatic heterocycles. The number of aromatic nitrogens is 3. The highest BCUT2D eigenvalue weighted by Gasteiger charge is 2.24. The van der Waals surface area contributed by atoms with E-state index < -0.39 is 5.91 Å². The van der Waals surface area contributed by atoms with Crippen LogP contribution in [0.3, 0.4) is 0 Å². The minimum absolute atomic E-state index is 0.209. The first-order chi connectivity index (χ1) is 11.0. The Labute approximate surface area is 134 Å². The van der Waals surface area contributed by atoms with Crippen molar-refractivity contribution in [3.63, 3.8) is 0 Å². The van der Waals surface area contributed by atoms with E-state index in [0.29, 0.717) is 23.7 Å². The topological polar surface area (TPSA) is 106 Å². The number of aromatic hydroxyl groups is 1. The van der Waals surface area contributed by atoms with E-state index in [-0.39, 0.29) is 5.75 Å². The van der Waals surface area contributed by atoms with Gasteiger partial charge in [-0.15, -0.1) is 0 Å². The second-order valence-corrected chi connectivity index (χ2v) is 6.00. The maximum absolute atomic E-state index is 11.4. The zero-order valence-corrected chi connectivity index (χ0v) is 13.1. The molecule has 0 bridgehead atoms. The molecule has 23 heavy (non-hydrogen) atoms. The average molecular weight is 315 g/mol. The van der Waals surface area contributed by atoms with Crippen LogP contribution in [0, 0.1) is 12.8 Å². The molecule has 0 fully saturated rings. The third-order valence-corrected chi connectivity index (χ3v) is 4.26. The highest BCUT2D eigenvalue weighted by Crippen LogP contribution is 2.22. The van der Waals surface area contributed by atoms with Crippen molar-refractivity contribution in [3.8, 4) is 5.75 Å². The summed E-state index contributed by atoms with van der Waals surface area (Å²) in [7, 11) is 0. The summed E-state index contributed by atoms with van der Waals surface area (Å²) < 4.78 is 1.87. The summed E-state index contributed by atoms with van der Waals surface area (Å²) in [6.45, 7) is 4.00. The van der Waals surface area contributed by atoms with Crippen LogP contribution in [0.2, 0.25) is 0 Å². The molecule has 3 heterocycles. The minimum atomic E-state index is -0.422. The highest BCUT2D eigenvalue weighted by molar-refractivity contribution is 5.93. The molecular formula is C16H21N5O2. The Morgan fingerprint density at radius 2 is 2.35 bits per heavy atom. The lowest BCUT2D eigenvalue weighted by Crippen LogP contribution is -2.30. The van der Waals surface area contributed by atoms with Crippen molar-refractivity contribution in [1.29, 1.82) is 0 Å². The molecule has 0 aliphatic carbocycles. The van der Waals surface area contributed by atoms with Crippen LogP contribution >= 0.6 is 0 Å². The maximum Gasteiger partial charge on any atom is 0.252 e. The summed E-state index contributed by atoms with van der Waals surface area (Å²) >= 11 is 0. The number of pyridine rings is 1. The molecule has 3 rings (SSSR count). The van der Waals surface area contributed by atoms with Crippen LogP contribution in [0.4, 0.5) is 0 Å². The molecule has 0 spiro atoms. The smallest absolute Gasteiger partial charge is 0.252 e. The van der Waals surface area contributed by atoms with Crippen molar-refractivity contribution in [3.05, 3.63) is 41.0 Å². The number of primary amides is 1. The normalized spacial score (nSPS) is 17.0. The van der Waals surface area contributed by atoms with E-state index in [1.807, 2.05) is 11.6 Å². The molecule has 2 aromatic rings. The molecular weight excluding hydrogens is 294 g/mol. The molecule has 0 saturated heterocycles. The summed E-state index contributed by atoms with van der Waals surface area (Å²) in [4.78, 5) is 15.8. The molecule has 1 aliphatic rings. The lowest BCUT2D eigenvalue weighted by Gasteiger charge is -2.24. The van der Waals surface area contributed by atoms with Crippen LogP contribution in [0.1, 0.15) is 33.9 Å². The van der Waals surface area contributed by atoms with E-state index in [9.17, 15) is 9.90 Å². The summed E-state index contributed by atoms with van der Waals surface area (Å²) in [5, 5.41) is 17.4. The second kappa shape index (κ2) is 6.37. The Morgan fingerprint density at radius 1 is 1.52 bits per heavy atom. The van der Waals surface area contributed by atoms with E-state index in [1.165, 1.54) is 0 Å². The van der Waals surface area contributed by atoms with Crippen molar-refractivity contribution in [2.24, 2.45) is 11.7 Å². The summed E-state index contributed by atoms with van der Waals surface area (Å²) in [5.74, 6) is 0.193. The van der Waals surface area contributed by atoms with Crippen LogP contribution in [-0.2, 0) is 19.5 Å². The molecule has 7 heteroatoms. The number of hydrogen-bond acceptors (Lipinski definition) is 5. The molecule has 4 N–H and O–H groups in total. The minimum Gasteiger partial charge on any atom is -0.506 e. The van der Waals surface area contributed by atoms with Gasteiger partial charge in [-0.25, -0.2) is 0 Å². The molecule has 1 amide bonds. The Kier molecular flexibility index (Phi) is 4.29. The number of aryl methyl sites for hydroxylation is 2. The molecule has 0 aromatic carbocycles. The number of hydrogen-bond donors (Lipinski definition) is 3. The van der Waals surface area contributed by atoms with Gasteiger partial charge in [0, 0.05) is 18.8 Å². The molecule has 0 radical (unpaired) electrons. The second-order valence-electron chi connectivity index (χ2n) is 6.00. The SMILES string of the molecule is Cc1ccc(O)c(CNC[C@@H]2CCn3ncc(C(N)=O)c3C2)n1. The number of nitrogens with zero attached hydrogens (tertiary/aromatic N) is 3. The van der Waals surface area contributed by atoms with Crippen LogP contribution < -0.4 is 11.1 Å². The fourth-order valence-corrected chi connectivity index (χ4v) is 3.01. The third-order valence-electron chi connectivity index (χ3n) is 4.26. The standard InChI is InChI=1S/C16H21N5O2/c1-10-2-3-15(22)13(20-10)9-18-7-11-4-5-21-14(6-11)12(8-19-21)16(17)23/h2-3,8,11,18,22H,4-7,9H2,1H3,(H2,17,23)/t11-/m1/s1. The van der Waals surface area contributed by atoms with E-state index in [1.54, 1.807) is 18.3 Å². The van der Waals surface area contributed by atoms with E-state index in [4.69, 9.17) is 5.73 Å². The summed E-state index contributed by atoms with van der Waals surface area (Å²) in [6, 6.07) is 3.45. The Balaban J connectivity index is 1.58. The van der Waals surface area contributed by atoms with Gasteiger partial charge in [-0.3, -0.25) is 14.5 Å². The van der Waals surface area contributed by atoms with Crippen LogP contribution in [-0.4, -0.2) is 32.3 Å². The molecule has 0 unspecified atom stereocenters. The van der Waals surface area contributed by atoms with Crippen molar-refractivity contribution in [1.82, 2.24) is 20.1 Å². The lowest BCUT2D eigenvalue weighted by molar-refractivity contribution is 0.0998. The zero-order valence-electron chi connectivity index (χ0n) is 13.1. The predicted molar refractivity (Wildman–Crippen MR) is 84.9 cm³/mol. The largest absolute Gasteiger partial charge is 0.506 e. The van der Waals surface area contributed by atoms with Gasteiger partial charge in [0.25, 0.3) is 5.91 Å². The Bertz CT molecular complexity index is 725. The number of rotatable bonds is 5. The number of nitrogens with one attached hydrogen (secondary N) is 1. The van der Waals surface area contributed by atoms with Crippen molar-refractivity contribution in [2.45, 2.75) is 32.9 Å². The Morgan fingerprint density at radius 3 is 3.13 bits per heavy atom. The van der Waals surface area contributed by atoms with Gasteiger partial charge in [-0.05, 0) is 44.4 Å². The zero-order chi connectivity index (χ0) is 16.4. The van der Waals surface area contributed by atoms with Gasteiger partial charge >= 0.3 is 0 Å². The third kappa shape index (κ3) is 3.34. The maximum atomic E-state index is 11.4. The van der Waals surface area contributed by atoms with Crippen LogP contribution in [0.5, 0.6) is 5.75 Å². The van der Waals surface area contributed by atoms with Gasteiger partial charge in [-0.2, -0.15) is 5.10 Å². The van der Waals surface area contributed by atoms with E-state index >= 15 is 0 Å². The van der Waals surface area contributed by atoms with Gasteiger partial charge in [-0.1, -0.05) is 0 Å². The Hall–Kier alpha value is -2.41. The van der Waals surface area contributed by atoms with Crippen molar-refractivity contribution < 1.29 is 9.90 Å². The van der Waals surface area contributed by atoms with Gasteiger partial charge in [0.15, 0.2) is 0 Å². The molecule has 2 aromatic heterocycles. The first-order valence-electron chi connectivity index (χ1n) is 7.75. The number of carbonyl (C=O) groups excluding carboxylic acids is 1. The first kappa shape index (κ1) is 15.5. The number of amides is 1. The summed E-state index contributed by atoms with van der Waals surface area (Å²) in [5.41, 5.74) is 8.37.